The standard InChI is InChI=1S/C52H34N4.C46H30N4.C38H24N6/c1-4-14-35(15-5-1)41-21-12-23-43(32-41)51-54-50(55-52(56-51)44-24-13-22-42(33-44)36-16-6-2-7-17-36)40-28-26-38(27-29-40)46-34-48(39-19-8-3-9-20-39)53-47-31-30-37-18-10-11-25-45(37)49(46)47;1-4-13-31(14-5-1)37-20-12-21-38(29-37)46-49-44(35-18-8-3-9-19-35)48-45(50-46)36-25-23-33(24-26-36)40-30-42(34-16-6-2-7-17-34)47-41-28-27-32-15-10-11-22-39(32)43(40)41;1-2-11-27(12-3-1)34-24-30(35-29-13-5-4-10-25(29)20-21-31(35)41-34)26-16-18-28(19-17-26)36-42-37(32-14-6-8-22-39-32)44-38(43-36)33-15-7-9-23-40-33/h1-34H;1-30H;1-24H. The van der Waals surface area contributed by atoms with Crippen molar-refractivity contribution in [2.45, 2.75) is 0 Å². The zero-order valence-electron chi connectivity index (χ0n) is 81.1. The summed E-state index contributed by atoms with van der Waals surface area (Å²) in [5.74, 6) is 5.31. The molecule has 14 nitrogen and oxygen atoms in total. The Morgan fingerprint density at radius 3 is 0.607 bits per heavy atom. The van der Waals surface area contributed by atoms with E-state index in [1.54, 1.807) is 12.4 Å². The number of benzene rings is 19. The van der Waals surface area contributed by atoms with Gasteiger partial charge in [0.05, 0.1) is 33.6 Å². The van der Waals surface area contributed by atoms with Gasteiger partial charge in [-0.15, -0.1) is 0 Å². The lowest BCUT2D eigenvalue weighted by Crippen LogP contribution is -2.01. The van der Waals surface area contributed by atoms with Gasteiger partial charge < -0.3 is 0 Å². The van der Waals surface area contributed by atoms with Gasteiger partial charge in [0.15, 0.2) is 52.4 Å². The number of fused-ring (bicyclic) bond motifs is 9. The summed E-state index contributed by atoms with van der Waals surface area (Å²) in [6.45, 7) is 0. The summed E-state index contributed by atoms with van der Waals surface area (Å²) in [4.78, 5) is 69.1. The van der Waals surface area contributed by atoms with Gasteiger partial charge in [0.2, 0.25) is 0 Å². The first-order chi connectivity index (χ1) is 74.3. The highest BCUT2D eigenvalue weighted by molar-refractivity contribution is 6.17. The summed E-state index contributed by atoms with van der Waals surface area (Å²) >= 11 is 0. The molecule has 0 aliphatic heterocycles. The second-order valence-corrected chi connectivity index (χ2v) is 36.6. The quantitative estimate of drug-likeness (QED) is 0.0740. The van der Waals surface area contributed by atoms with Crippen LogP contribution in [0, 0.1) is 0 Å². The monoisotopic (exact) mass is 1920 g/mol. The van der Waals surface area contributed by atoms with E-state index in [9.17, 15) is 0 Å². The Labute approximate surface area is 866 Å². The maximum atomic E-state index is 5.15. The van der Waals surface area contributed by atoms with E-state index < -0.39 is 0 Å². The SMILES string of the molecule is c1ccc(-c2cc(-c3ccc(-c4nc(-c5ccccn5)nc(-c5ccccn5)n4)cc3)c3c(ccc4ccccc43)n2)cc1.c1ccc(-c2cccc(-c3nc(-c4ccc(-c5cc(-c6ccccc6)nc6ccc7ccccc7c56)cc4)nc(-c4cccc(-c5ccccc5)c4)n3)c2)cc1.c1ccc(-c2cccc(-c3nc(-c4ccccc4)nc(-c4ccc(-c5cc(-c6ccccc6)nc6ccc7ccccc7c56)cc4)n3)c2)cc1. The molecular weight excluding hydrogens is 1830 g/mol. The van der Waals surface area contributed by atoms with Gasteiger partial charge in [0.1, 0.15) is 11.4 Å². The number of hydrogen-bond acceptors (Lipinski definition) is 14. The summed E-state index contributed by atoms with van der Waals surface area (Å²) < 4.78 is 0. The third-order valence-corrected chi connectivity index (χ3v) is 27.1. The molecule has 19 aromatic carbocycles. The van der Waals surface area contributed by atoms with Crippen molar-refractivity contribution in [1.82, 2.24) is 69.8 Å². The molecule has 0 saturated heterocycles. The second kappa shape index (κ2) is 41.1. The first kappa shape index (κ1) is 90.8. The van der Waals surface area contributed by atoms with Gasteiger partial charge in [0.25, 0.3) is 0 Å². The van der Waals surface area contributed by atoms with E-state index in [4.69, 9.17) is 59.8 Å². The molecule has 0 amide bonds. The Balaban J connectivity index is 0.000000117. The van der Waals surface area contributed by atoms with E-state index in [0.29, 0.717) is 63.8 Å². The minimum atomic E-state index is 0.499. The number of nitrogens with zero attached hydrogens (tertiary/aromatic N) is 14. The second-order valence-electron chi connectivity index (χ2n) is 36.6. The van der Waals surface area contributed by atoms with Gasteiger partial charge in [0, 0.05) is 84.2 Å². The molecule has 0 atom stereocenters. The molecule has 0 spiro atoms. The minimum Gasteiger partial charge on any atom is -0.253 e. The maximum Gasteiger partial charge on any atom is 0.182 e. The van der Waals surface area contributed by atoms with E-state index in [2.05, 4.69) is 416 Å². The Morgan fingerprint density at radius 1 is 0.113 bits per heavy atom. The molecule has 0 bridgehead atoms. The lowest BCUT2D eigenvalue weighted by molar-refractivity contribution is 1.05. The highest BCUT2D eigenvalue weighted by atomic mass is 15.1. The Bertz CT molecular complexity index is 9470. The average molecular weight is 1920 g/mol. The van der Waals surface area contributed by atoms with E-state index in [-0.39, 0.29) is 0 Å². The van der Waals surface area contributed by atoms with Gasteiger partial charge in [-0.05, 0) is 178 Å². The van der Waals surface area contributed by atoms with Crippen LogP contribution in [0.1, 0.15) is 0 Å². The lowest BCUT2D eigenvalue weighted by atomic mass is 9.94. The molecule has 0 radical (unpaired) electrons. The van der Waals surface area contributed by atoms with Gasteiger partial charge in [-0.3, -0.25) is 9.97 Å². The van der Waals surface area contributed by atoms with Crippen molar-refractivity contribution in [2.75, 3.05) is 0 Å². The molecule has 0 fully saturated rings. The predicted octanol–water partition coefficient (Wildman–Crippen LogP) is 33.5. The number of rotatable bonds is 18. The molecule has 0 saturated carbocycles. The third kappa shape index (κ3) is 19.0. The Morgan fingerprint density at radius 2 is 0.327 bits per heavy atom. The van der Waals surface area contributed by atoms with Crippen molar-refractivity contribution in [2.24, 2.45) is 0 Å². The predicted molar refractivity (Wildman–Crippen MR) is 611 cm³/mol. The van der Waals surface area contributed by atoms with Gasteiger partial charge in [-0.2, -0.15) is 0 Å². The van der Waals surface area contributed by atoms with Crippen LogP contribution in [0.4, 0.5) is 0 Å². The van der Waals surface area contributed by atoms with Gasteiger partial charge in [-0.1, -0.05) is 443 Å². The molecule has 702 valence electrons. The third-order valence-electron chi connectivity index (χ3n) is 27.1. The first-order valence-corrected chi connectivity index (χ1v) is 49.9. The number of pyridine rings is 5. The average Bonchev–Trinajstić information content (AvgIpc) is 0.756. The summed E-state index contributed by atoms with van der Waals surface area (Å²) in [6, 6.07) is 180. The van der Waals surface area contributed by atoms with Crippen LogP contribution >= 0.6 is 0 Å². The first-order valence-electron chi connectivity index (χ1n) is 49.9. The highest BCUT2D eigenvalue weighted by Gasteiger charge is 2.24. The Hall–Kier alpha value is -20.5. The van der Waals surface area contributed by atoms with E-state index >= 15 is 0 Å². The zero-order chi connectivity index (χ0) is 99.8. The van der Waals surface area contributed by atoms with Crippen LogP contribution in [-0.2, 0) is 0 Å². The van der Waals surface area contributed by atoms with Crippen molar-refractivity contribution < 1.29 is 0 Å². The van der Waals surface area contributed by atoms with Crippen molar-refractivity contribution in [1.29, 1.82) is 0 Å². The van der Waals surface area contributed by atoms with Crippen LogP contribution in [-0.4, -0.2) is 69.8 Å². The number of hydrogen-bond donors (Lipinski definition) is 0. The van der Waals surface area contributed by atoms with E-state index in [0.717, 1.165) is 172 Å². The summed E-state index contributed by atoms with van der Waals surface area (Å²) in [7, 11) is 0. The molecule has 0 aliphatic carbocycles. The fraction of sp³-hybridized carbons (Fsp3) is 0. The van der Waals surface area contributed by atoms with Crippen LogP contribution in [0.15, 0.2) is 534 Å². The van der Waals surface area contributed by atoms with Crippen LogP contribution in [0.25, 0.3) is 268 Å². The Kier molecular flexibility index (Phi) is 24.9. The normalized spacial score (nSPS) is 11.2. The van der Waals surface area contributed by atoms with Crippen LogP contribution in [0.3, 0.4) is 0 Å². The molecular formula is C136H88N14. The molecule has 150 heavy (non-hydrogen) atoms. The van der Waals surface area contributed by atoms with Crippen LogP contribution < -0.4 is 0 Å². The fourth-order valence-corrected chi connectivity index (χ4v) is 19.6. The maximum absolute atomic E-state index is 5.15. The smallest absolute Gasteiger partial charge is 0.182 e. The molecule has 14 heteroatoms. The lowest BCUT2D eigenvalue weighted by Gasteiger charge is -2.14. The topological polar surface area (TPSA) is 180 Å². The largest absolute Gasteiger partial charge is 0.253 e. The molecule has 0 aliphatic rings. The van der Waals surface area contributed by atoms with Crippen molar-refractivity contribution >= 4 is 65.0 Å². The molecule has 8 heterocycles. The molecule has 27 rings (SSSR count). The van der Waals surface area contributed by atoms with E-state index in [1.807, 2.05) is 115 Å². The fourth-order valence-electron chi connectivity index (χ4n) is 19.6. The molecule has 8 aromatic heterocycles. The zero-order valence-corrected chi connectivity index (χ0v) is 81.1. The van der Waals surface area contributed by atoms with Crippen LogP contribution in [0.5, 0.6) is 0 Å². The van der Waals surface area contributed by atoms with E-state index in [1.165, 1.54) is 32.3 Å². The van der Waals surface area contributed by atoms with Crippen molar-refractivity contribution in [3.05, 3.63) is 534 Å². The van der Waals surface area contributed by atoms with Crippen molar-refractivity contribution in [3.8, 4) is 203 Å². The van der Waals surface area contributed by atoms with Gasteiger partial charge in [-0.25, -0.2) is 59.8 Å². The highest BCUT2D eigenvalue weighted by Crippen LogP contribution is 2.44. The molecule has 27 aromatic rings. The molecule has 0 unspecified atom stereocenters. The molecule has 0 N–H and O–H groups in total. The summed E-state index contributed by atoms with van der Waals surface area (Å²) in [5.41, 5.74) is 30.1. The van der Waals surface area contributed by atoms with Gasteiger partial charge >= 0.3 is 0 Å². The number of aromatic nitrogens is 14. The minimum absolute atomic E-state index is 0.499. The van der Waals surface area contributed by atoms with Crippen molar-refractivity contribution in [3.63, 3.8) is 0 Å². The van der Waals surface area contributed by atoms with Crippen LogP contribution in [0.2, 0.25) is 0 Å². The summed E-state index contributed by atoms with van der Waals surface area (Å²) in [6.07, 6.45) is 3.47. The summed E-state index contributed by atoms with van der Waals surface area (Å²) in [5, 5.41) is 10.5.